The van der Waals surface area contributed by atoms with Gasteiger partial charge in [0.05, 0.1) is 18.3 Å². The Labute approximate surface area is 152 Å². The fourth-order valence-corrected chi connectivity index (χ4v) is 3.44. The van der Waals surface area contributed by atoms with Crippen molar-refractivity contribution in [1.29, 1.82) is 0 Å². The Morgan fingerprint density at radius 2 is 2.15 bits per heavy atom. The Kier molecular flexibility index (Phi) is 4.71. The maximum atomic E-state index is 10.2. The number of fused-ring (bicyclic) bond motifs is 1. The minimum absolute atomic E-state index is 0.0492. The van der Waals surface area contributed by atoms with Crippen LogP contribution in [0.2, 0.25) is 0 Å². The Balaban J connectivity index is 1.60. The second-order valence-electron chi connectivity index (χ2n) is 6.91. The maximum Gasteiger partial charge on any atom is 0.162 e. The van der Waals surface area contributed by atoms with Gasteiger partial charge >= 0.3 is 0 Å². The molecule has 1 aliphatic rings. The average molecular weight is 352 g/mol. The van der Waals surface area contributed by atoms with Crippen molar-refractivity contribution in [2.75, 3.05) is 10.6 Å². The van der Waals surface area contributed by atoms with Gasteiger partial charge in [-0.3, -0.25) is 4.98 Å². The number of aliphatic hydroxyl groups excluding tert-OH is 1. The number of pyridine rings is 1. The van der Waals surface area contributed by atoms with E-state index in [0.29, 0.717) is 6.54 Å². The number of nitrogens with one attached hydrogen (secondary N) is 2. The molecular formula is C19H24N6O. The molecular weight excluding hydrogens is 328 g/mol. The second kappa shape index (κ2) is 7.29. The predicted octanol–water partition coefficient (Wildman–Crippen LogP) is 2.76. The van der Waals surface area contributed by atoms with Gasteiger partial charge in [-0.15, -0.1) is 0 Å². The maximum absolute atomic E-state index is 10.2. The molecule has 0 spiro atoms. The van der Waals surface area contributed by atoms with E-state index < -0.39 is 0 Å². The molecule has 4 rings (SSSR count). The van der Waals surface area contributed by atoms with Gasteiger partial charge < -0.3 is 15.7 Å². The van der Waals surface area contributed by atoms with Crippen LogP contribution in [0.3, 0.4) is 0 Å². The molecule has 3 N–H and O–H groups in total. The number of aliphatic hydroxyl groups is 1. The summed E-state index contributed by atoms with van der Waals surface area (Å²) in [5.41, 5.74) is 2.93. The van der Waals surface area contributed by atoms with Gasteiger partial charge in [0.2, 0.25) is 0 Å². The molecule has 1 aliphatic carbocycles. The molecule has 7 nitrogen and oxygen atoms in total. The van der Waals surface area contributed by atoms with Crippen molar-refractivity contribution < 1.29 is 5.11 Å². The van der Waals surface area contributed by atoms with Crippen LogP contribution < -0.4 is 10.6 Å². The fourth-order valence-electron chi connectivity index (χ4n) is 3.44. The highest BCUT2D eigenvalue weighted by Gasteiger charge is 2.23. The van der Waals surface area contributed by atoms with Gasteiger partial charge in [-0.1, -0.05) is 18.9 Å². The van der Waals surface area contributed by atoms with Crippen molar-refractivity contribution in [2.24, 2.45) is 0 Å². The van der Waals surface area contributed by atoms with Gasteiger partial charge in [-0.25, -0.2) is 4.98 Å². The Bertz CT molecular complexity index is 878. The second-order valence-corrected chi connectivity index (χ2v) is 6.91. The van der Waals surface area contributed by atoms with Crippen molar-refractivity contribution in [3.8, 4) is 0 Å². The van der Waals surface area contributed by atoms with Crippen LogP contribution >= 0.6 is 0 Å². The largest absolute Gasteiger partial charge is 0.391 e. The zero-order chi connectivity index (χ0) is 17.9. The van der Waals surface area contributed by atoms with E-state index in [2.05, 4.69) is 20.7 Å². The third kappa shape index (κ3) is 3.48. The summed E-state index contributed by atoms with van der Waals surface area (Å²) in [5.74, 6) is 1.63. The molecule has 7 heteroatoms. The lowest BCUT2D eigenvalue weighted by Crippen LogP contribution is -2.36. The summed E-state index contributed by atoms with van der Waals surface area (Å²) in [5, 5.41) is 21.5. The van der Waals surface area contributed by atoms with Crippen LogP contribution in [0.5, 0.6) is 0 Å². The van der Waals surface area contributed by atoms with Crippen molar-refractivity contribution in [1.82, 2.24) is 19.6 Å². The number of anilines is 2. The van der Waals surface area contributed by atoms with Crippen molar-refractivity contribution in [2.45, 2.75) is 51.3 Å². The van der Waals surface area contributed by atoms with Gasteiger partial charge in [-0.2, -0.15) is 9.61 Å². The summed E-state index contributed by atoms with van der Waals surface area (Å²) in [6.45, 7) is 2.65. The molecule has 2 atom stereocenters. The quantitative estimate of drug-likeness (QED) is 0.654. The number of hydrogen-bond donors (Lipinski definition) is 3. The first-order valence-corrected chi connectivity index (χ1v) is 9.13. The van der Waals surface area contributed by atoms with Gasteiger partial charge in [-0.05, 0) is 31.4 Å². The highest BCUT2D eigenvalue weighted by Crippen LogP contribution is 2.24. The summed E-state index contributed by atoms with van der Waals surface area (Å²) in [6, 6.07) is 5.96. The Morgan fingerprint density at radius 3 is 2.96 bits per heavy atom. The number of aromatic nitrogens is 4. The third-order valence-corrected chi connectivity index (χ3v) is 4.91. The van der Waals surface area contributed by atoms with E-state index in [4.69, 9.17) is 4.98 Å². The smallest absolute Gasteiger partial charge is 0.162 e. The zero-order valence-electron chi connectivity index (χ0n) is 14.9. The fraction of sp³-hybridized carbons (Fsp3) is 0.421. The lowest BCUT2D eigenvalue weighted by molar-refractivity contribution is 0.116. The van der Waals surface area contributed by atoms with Crippen LogP contribution in [-0.4, -0.2) is 36.8 Å². The van der Waals surface area contributed by atoms with Crippen LogP contribution in [0.25, 0.3) is 5.65 Å². The molecule has 26 heavy (non-hydrogen) atoms. The topological polar surface area (TPSA) is 87.4 Å². The molecule has 3 heterocycles. The summed E-state index contributed by atoms with van der Waals surface area (Å²) in [6.07, 6.45) is 9.14. The first-order chi connectivity index (χ1) is 12.7. The van der Waals surface area contributed by atoms with Crippen LogP contribution in [0, 0.1) is 6.92 Å². The lowest BCUT2D eigenvalue weighted by atomic mass is 9.92. The molecule has 0 aliphatic heterocycles. The number of hydrogen-bond acceptors (Lipinski definition) is 6. The van der Waals surface area contributed by atoms with E-state index in [1.54, 1.807) is 6.20 Å². The summed E-state index contributed by atoms with van der Waals surface area (Å²) >= 11 is 0. The SMILES string of the molecule is Cc1cnn2c(NCc3cccnc3)cc(N[C@@H]3CCCC[C@@H]3O)nc12. The summed E-state index contributed by atoms with van der Waals surface area (Å²) < 4.78 is 1.81. The van der Waals surface area contributed by atoms with Crippen molar-refractivity contribution in [3.05, 3.63) is 47.9 Å². The first-order valence-electron chi connectivity index (χ1n) is 9.13. The lowest BCUT2D eigenvalue weighted by Gasteiger charge is -2.29. The molecule has 3 aromatic rings. The van der Waals surface area contributed by atoms with Crippen molar-refractivity contribution >= 4 is 17.3 Å². The van der Waals surface area contributed by atoms with E-state index in [0.717, 1.165) is 54.1 Å². The van der Waals surface area contributed by atoms with Crippen LogP contribution in [0.1, 0.15) is 36.8 Å². The van der Waals surface area contributed by atoms with Gasteiger partial charge in [0.1, 0.15) is 11.6 Å². The Morgan fingerprint density at radius 1 is 1.27 bits per heavy atom. The zero-order valence-corrected chi connectivity index (χ0v) is 14.9. The number of aryl methyl sites for hydroxylation is 1. The van der Waals surface area contributed by atoms with Crippen LogP contribution in [0.15, 0.2) is 36.8 Å². The highest BCUT2D eigenvalue weighted by atomic mass is 16.3. The molecule has 0 radical (unpaired) electrons. The molecule has 0 aromatic carbocycles. The van der Waals surface area contributed by atoms with Crippen molar-refractivity contribution in [3.63, 3.8) is 0 Å². The molecule has 0 amide bonds. The first kappa shape index (κ1) is 16.8. The highest BCUT2D eigenvalue weighted by molar-refractivity contribution is 5.60. The number of nitrogens with zero attached hydrogens (tertiary/aromatic N) is 4. The predicted molar refractivity (Wildman–Crippen MR) is 101 cm³/mol. The Hall–Kier alpha value is -2.67. The number of rotatable bonds is 5. The molecule has 136 valence electrons. The standard InChI is InChI=1S/C19H24N6O/c1-13-10-22-25-18(21-12-14-5-4-8-20-11-14)9-17(24-19(13)25)23-15-6-2-3-7-16(15)26/h4-5,8-11,15-16,21,26H,2-3,6-7,12H2,1H3,(H,23,24)/t15-,16+/m1/s1. The van der Waals surface area contributed by atoms with Gasteiger partial charge in [0.25, 0.3) is 0 Å². The normalized spacial score (nSPS) is 20.2. The molecule has 3 aromatic heterocycles. The molecule has 1 saturated carbocycles. The van der Waals surface area contributed by atoms with E-state index in [1.165, 1.54) is 0 Å². The molecule has 0 bridgehead atoms. The van der Waals surface area contributed by atoms with Crippen LogP contribution in [0.4, 0.5) is 11.6 Å². The van der Waals surface area contributed by atoms with E-state index in [1.807, 2.05) is 42.0 Å². The van der Waals surface area contributed by atoms with Gasteiger partial charge in [0.15, 0.2) is 5.65 Å². The molecule has 1 fully saturated rings. The summed E-state index contributed by atoms with van der Waals surface area (Å²) in [7, 11) is 0. The minimum Gasteiger partial charge on any atom is -0.391 e. The van der Waals surface area contributed by atoms with Gasteiger partial charge in [0, 0.05) is 30.6 Å². The van der Waals surface area contributed by atoms with E-state index in [9.17, 15) is 5.11 Å². The summed E-state index contributed by atoms with van der Waals surface area (Å²) in [4.78, 5) is 8.86. The van der Waals surface area contributed by atoms with Crippen LogP contribution in [-0.2, 0) is 6.54 Å². The van der Waals surface area contributed by atoms with E-state index >= 15 is 0 Å². The monoisotopic (exact) mass is 352 g/mol. The molecule has 0 saturated heterocycles. The average Bonchev–Trinajstić information content (AvgIpc) is 3.04. The van der Waals surface area contributed by atoms with E-state index in [-0.39, 0.29) is 12.1 Å². The molecule has 0 unspecified atom stereocenters. The third-order valence-electron chi connectivity index (χ3n) is 4.91. The minimum atomic E-state index is -0.320.